The van der Waals surface area contributed by atoms with Crippen LogP contribution in [0, 0.1) is 17.5 Å². The molecule has 0 fully saturated rings. The van der Waals surface area contributed by atoms with Gasteiger partial charge in [0.1, 0.15) is 17.5 Å². The molecule has 29 heavy (non-hydrogen) atoms. The van der Waals surface area contributed by atoms with E-state index in [0.29, 0.717) is 12.1 Å². The Kier molecular flexibility index (Phi) is 8.47. The molecule has 2 N–H and O–H groups in total. The standard InChI is InChI=1S/C19H25F3N2O5/c1-10(23-18(27)29-19(2,3)4)17(26)24-12(8-16(25)28-5)6-11-7-14(21)15(22)9-13(11)20/h7,9-10,12H,6,8H2,1-5H3,(H,23,27)(H,24,26). The van der Waals surface area contributed by atoms with E-state index in [0.717, 1.165) is 7.11 Å². The Morgan fingerprint density at radius 3 is 2.17 bits per heavy atom. The highest BCUT2D eigenvalue weighted by Gasteiger charge is 2.25. The molecule has 162 valence electrons. The second kappa shape index (κ2) is 10.1. The normalized spacial score (nSPS) is 13.2. The van der Waals surface area contributed by atoms with Gasteiger partial charge in [0.2, 0.25) is 5.91 Å². The first kappa shape index (κ1) is 24.3. The first-order valence-corrected chi connectivity index (χ1v) is 8.82. The summed E-state index contributed by atoms with van der Waals surface area (Å²) in [5.41, 5.74) is -0.997. The van der Waals surface area contributed by atoms with Crippen molar-refractivity contribution < 1.29 is 37.0 Å². The third-order valence-electron chi connectivity index (χ3n) is 3.67. The maximum absolute atomic E-state index is 13.9. The molecular formula is C19H25F3N2O5. The Bertz CT molecular complexity index is 765. The predicted molar refractivity (Wildman–Crippen MR) is 97.4 cm³/mol. The molecule has 0 aromatic heterocycles. The molecule has 1 aromatic carbocycles. The summed E-state index contributed by atoms with van der Waals surface area (Å²) in [6.07, 6.45) is -1.47. The summed E-state index contributed by atoms with van der Waals surface area (Å²) >= 11 is 0. The van der Waals surface area contributed by atoms with E-state index in [9.17, 15) is 27.6 Å². The molecule has 0 aliphatic heterocycles. The van der Waals surface area contributed by atoms with Gasteiger partial charge < -0.3 is 20.1 Å². The van der Waals surface area contributed by atoms with Gasteiger partial charge in [-0.15, -0.1) is 0 Å². The van der Waals surface area contributed by atoms with Gasteiger partial charge in [0, 0.05) is 12.1 Å². The number of amides is 2. The van der Waals surface area contributed by atoms with Crippen LogP contribution >= 0.6 is 0 Å². The molecule has 0 spiro atoms. The quantitative estimate of drug-likeness (QED) is 0.525. The number of hydrogen-bond acceptors (Lipinski definition) is 5. The molecule has 0 saturated carbocycles. The highest BCUT2D eigenvalue weighted by Crippen LogP contribution is 2.17. The average molecular weight is 418 g/mol. The zero-order valence-electron chi connectivity index (χ0n) is 16.9. The van der Waals surface area contributed by atoms with Gasteiger partial charge in [-0.3, -0.25) is 9.59 Å². The van der Waals surface area contributed by atoms with Crippen molar-refractivity contribution in [2.45, 2.75) is 58.2 Å². The number of benzene rings is 1. The number of carbonyl (C=O) groups is 3. The van der Waals surface area contributed by atoms with E-state index in [2.05, 4.69) is 15.4 Å². The molecule has 0 aliphatic carbocycles. The van der Waals surface area contributed by atoms with Gasteiger partial charge in [-0.1, -0.05) is 0 Å². The fourth-order valence-corrected chi connectivity index (χ4v) is 2.32. The number of ether oxygens (including phenoxy) is 2. The summed E-state index contributed by atoms with van der Waals surface area (Å²) in [4.78, 5) is 35.7. The SMILES string of the molecule is COC(=O)CC(Cc1cc(F)c(F)cc1F)NC(=O)C(C)NC(=O)OC(C)(C)C. The van der Waals surface area contributed by atoms with Crippen LogP contribution < -0.4 is 10.6 Å². The molecule has 7 nitrogen and oxygen atoms in total. The summed E-state index contributed by atoms with van der Waals surface area (Å²) < 4.78 is 50.1. The molecule has 0 bridgehead atoms. The van der Waals surface area contributed by atoms with Crippen molar-refractivity contribution in [3.63, 3.8) is 0 Å². The number of esters is 1. The topological polar surface area (TPSA) is 93.7 Å². The van der Waals surface area contributed by atoms with Gasteiger partial charge in [-0.25, -0.2) is 18.0 Å². The second-order valence-electron chi connectivity index (χ2n) is 7.42. The molecule has 2 amide bonds. The van der Waals surface area contributed by atoms with Crippen molar-refractivity contribution in [1.82, 2.24) is 10.6 Å². The van der Waals surface area contributed by atoms with Crippen LogP contribution in [0.3, 0.4) is 0 Å². The van der Waals surface area contributed by atoms with Crippen LogP contribution in [0.1, 0.15) is 39.7 Å². The van der Waals surface area contributed by atoms with E-state index in [1.54, 1.807) is 20.8 Å². The molecule has 0 saturated heterocycles. The van der Waals surface area contributed by atoms with Gasteiger partial charge >= 0.3 is 12.1 Å². The first-order chi connectivity index (χ1) is 13.3. The van der Waals surface area contributed by atoms with Crippen LogP contribution in [-0.2, 0) is 25.5 Å². The Balaban J connectivity index is 2.87. The van der Waals surface area contributed by atoms with Crippen LogP contribution in [0.5, 0.6) is 0 Å². The Hall–Kier alpha value is -2.78. The number of methoxy groups -OCH3 is 1. The number of alkyl carbamates (subject to hydrolysis) is 1. The molecule has 0 heterocycles. The molecule has 0 aliphatic rings. The summed E-state index contributed by atoms with van der Waals surface area (Å²) in [6.45, 7) is 6.34. The monoisotopic (exact) mass is 418 g/mol. The highest BCUT2D eigenvalue weighted by molar-refractivity contribution is 5.86. The summed E-state index contributed by atoms with van der Waals surface area (Å²) in [5, 5.41) is 4.79. The molecular weight excluding hydrogens is 393 g/mol. The van der Waals surface area contributed by atoms with Gasteiger partial charge in [-0.2, -0.15) is 0 Å². The van der Waals surface area contributed by atoms with E-state index in [1.807, 2.05) is 0 Å². The number of carbonyl (C=O) groups excluding carboxylic acids is 3. The maximum Gasteiger partial charge on any atom is 0.408 e. The minimum Gasteiger partial charge on any atom is -0.469 e. The third-order valence-corrected chi connectivity index (χ3v) is 3.67. The molecule has 1 rings (SSSR count). The smallest absolute Gasteiger partial charge is 0.408 e. The molecule has 2 atom stereocenters. The van der Waals surface area contributed by atoms with Crippen molar-refractivity contribution in [1.29, 1.82) is 0 Å². The highest BCUT2D eigenvalue weighted by atomic mass is 19.2. The zero-order chi connectivity index (χ0) is 22.4. The van der Waals surface area contributed by atoms with Crippen molar-refractivity contribution in [3.05, 3.63) is 35.1 Å². The van der Waals surface area contributed by atoms with Crippen LogP contribution in [0.2, 0.25) is 0 Å². The van der Waals surface area contributed by atoms with Crippen LogP contribution in [0.4, 0.5) is 18.0 Å². The van der Waals surface area contributed by atoms with Crippen LogP contribution in [-0.4, -0.2) is 42.8 Å². The molecule has 0 radical (unpaired) electrons. The molecule has 10 heteroatoms. The Labute approximate surface area is 166 Å². The van der Waals surface area contributed by atoms with Crippen molar-refractivity contribution in [2.24, 2.45) is 0 Å². The second-order valence-corrected chi connectivity index (χ2v) is 7.42. The zero-order valence-corrected chi connectivity index (χ0v) is 16.9. The lowest BCUT2D eigenvalue weighted by molar-refractivity contribution is -0.141. The van der Waals surface area contributed by atoms with E-state index < -0.39 is 53.1 Å². The molecule has 2 unspecified atom stereocenters. The lowest BCUT2D eigenvalue weighted by Gasteiger charge is -2.23. The van der Waals surface area contributed by atoms with E-state index in [1.165, 1.54) is 6.92 Å². The number of nitrogens with one attached hydrogen (secondary N) is 2. The Morgan fingerprint density at radius 2 is 1.62 bits per heavy atom. The molecule has 1 aromatic rings. The number of hydrogen-bond donors (Lipinski definition) is 2. The minimum atomic E-state index is -1.35. The minimum absolute atomic E-state index is 0.231. The van der Waals surface area contributed by atoms with Gasteiger partial charge in [-0.05, 0) is 45.7 Å². The largest absolute Gasteiger partial charge is 0.469 e. The van der Waals surface area contributed by atoms with Gasteiger partial charge in [0.05, 0.1) is 13.5 Å². The first-order valence-electron chi connectivity index (χ1n) is 8.82. The lowest BCUT2D eigenvalue weighted by atomic mass is 10.0. The summed E-state index contributed by atoms with van der Waals surface area (Å²) in [5.74, 6) is -5.02. The van der Waals surface area contributed by atoms with E-state index in [-0.39, 0.29) is 18.4 Å². The number of rotatable bonds is 7. The fourth-order valence-electron chi connectivity index (χ4n) is 2.32. The summed E-state index contributed by atoms with van der Waals surface area (Å²) in [6, 6.07) is -0.991. The van der Waals surface area contributed by atoms with E-state index in [4.69, 9.17) is 4.74 Å². The fraction of sp³-hybridized carbons (Fsp3) is 0.526. The van der Waals surface area contributed by atoms with Crippen LogP contribution in [0.25, 0.3) is 0 Å². The van der Waals surface area contributed by atoms with Crippen molar-refractivity contribution >= 4 is 18.0 Å². The average Bonchev–Trinajstić information content (AvgIpc) is 2.57. The number of halogens is 3. The Morgan fingerprint density at radius 1 is 1.03 bits per heavy atom. The van der Waals surface area contributed by atoms with Gasteiger partial charge in [0.25, 0.3) is 0 Å². The van der Waals surface area contributed by atoms with E-state index >= 15 is 0 Å². The lowest BCUT2D eigenvalue weighted by Crippen LogP contribution is -2.50. The predicted octanol–water partition coefficient (Wildman–Crippen LogP) is 2.61. The summed E-state index contributed by atoms with van der Waals surface area (Å²) in [7, 11) is 1.13. The third kappa shape index (κ3) is 8.41. The maximum atomic E-state index is 13.9. The van der Waals surface area contributed by atoms with Gasteiger partial charge in [0.15, 0.2) is 11.6 Å². The van der Waals surface area contributed by atoms with Crippen molar-refractivity contribution in [2.75, 3.05) is 7.11 Å². The van der Waals surface area contributed by atoms with Crippen LogP contribution in [0.15, 0.2) is 12.1 Å². The van der Waals surface area contributed by atoms with Crippen molar-refractivity contribution in [3.8, 4) is 0 Å².